The van der Waals surface area contributed by atoms with Crippen molar-refractivity contribution in [2.75, 3.05) is 18.8 Å². The van der Waals surface area contributed by atoms with Gasteiger partial charge in [0.15, 0.2) is 0 Å². The Kier molecular flexibility index (Phi) is 6.10. The molecule has 5 rings (SSSR count). The number of carbonyl (C=O) groups is 2. The second-order valence-electron chi connectivity index (χ2n) is 8.47. The van der Waals surface area contributed by atoms with Crippen LogP contribution in [0.4, 0.5) is 5.82 Å². The Hall–Kier alpha value is -3.23. The molecule has 9 heteroatoms. The van der Waals surface area contributed by atoms with Crippen LogP contribution in [0.2, 0.25) is 5.02 Å². The Morgan fingerprint density at radius 2 is 2.03 bits per heavy atom. The molecule has 2 N–H and O–H groups in total. The van der Waals surface area contributed by atoms with Crippen LogP contribution in [0.15, 0.2) is 48.8 Å². The second kappa shape index (κ2) is 9.19. The van der Waals surface area contributed by atoms with Gasteiger partial charge in [0.1, 0.15) is 18.2 Å². The summed E-state index contributed by atoms with van der Waals surface area (Å²) in [5.74, 6) is 0.320. The minimum absolute atomic E-state index is 0.0205. The zero-order valence-corrected chi connectivity index (χ0v) is 20.3. The molecule has 1 aliphatic heterocycles. The maximum absolute atomic E-state index is 13.5. The van der Waals surface area contributed by atoms with Crippen molar-refractivity contribution >= 4 is 61.6 Å². The first kappa shape index (κ1) is 22.6. The Labute approximate surface area is 206 Å². The zero-order chi connectivity index (χ0) is 23.8. The van der Waals surface area contributed by atoms with Gasteiger partial charge in [-0.1, -0.05) is 31.0 Å². The molecule has 2 aromatic carbocycles. The number of nitrogens with zero attached hydrogens (tertiary/aromatic N) is 4. The van der Waals surface area contributed by atoms with E-state index in [1.54, 1.807) is 4.90 Å². The molecule has 0 aliphatic carbocycles. The molecule has 1 fully saturated rings. The molecule has 1 saturated heterocycles. The molecule has 0 saturated carbocycles. The highest BCUT2D eigenvalue weighted by atomic mass is 35.5. The summed E-state index contributed by atoms with van der Waals surface area (Å²) in [7, 11) is 0. The summed E-state index contributed by atoms with van der Waals surface area (Å²) < 4.78 is 1.01. The quantitative estimate of drug-likeness (QED) is 0.433. The van der Waals surface area contributed by atoms with Crippen LogP contribution >= 0.6 is 22.9 Å². The molecule has 2 amide bonds. The number of hydrogen-bond donors (Lipinski definition) is 1. The fraction of sp³-hybridized carbons (Fsp3) is 0.280. The number of halogens is 1. The lowest BCUT2D eigenvalue weighted by molar-refractivity contribution is -0.141. The van der Waals surface area contributed by atoms with Crippen LogP contribution in [-0.2, 0) is 11.3 Å². The SMILES string of the molecule is CCC[C@H]1C(=O)N(Cc2ccc3c(N)ncnc3c2)CCN1C(=O)c1cc2cc(Cl)ccc2s1. The summed E-state index contributed by atoms with van der Waals surface area (Å²) in [4.78, 5) is 39.4. The Balaban J connectivity index is 1.37. The maximum atomic E-state index is 13.5. The summed E-state index contributed by atoms with van der Waals surface area (Å²) >= 11 is 7.55. The van der Waals surface area contributed by atoms with E-state index in [1.807, 2.05) is 54.3 Å². The fourth-order valence-electron chi connectivity index (χ4n) is 4.49. The highest BCUT2D eigenvalue weighted by Gasteiger charge is 2.37. The molecule has 4 aromatic rings. The summed E-state index contributed by atoms with van der Waals surface area (Å²) in [5.41, 5.74) is 7.65. The Bertz CT molecular complexity index is 1400. The molecule has 0 bridgehead atoms. The summed E-state index contributed by atoms with van der Waals surface area (Å²) in [6.07, 6.45) is 2.87. The van der Waals surface area contributed by atoms with Crippen molar-refractivity contribution in [3.63, 3.8) is 0 Å². The van der Waals surface area contributed by atoms with E-state index in [2.05, 4.69) is 9.97 Å². The van der Waals surface area contributed by atoms with Crippen LogP contribution in [0.5, 0.6) is 0 Å². The third-order valence-corrected chi connectivity index (χ3v) is 7.54. The summed E-state index contributed by atoms with van der Waals surface area (Å²) in [6.45, 7) is 3.46. The predicted molar refractivity (Wildman–Crippen MR) is 136 cm³/mol. The highest BCUT2D eigenvalue weighted by Crippen LogP contribution is 2.30. The van der Waals surface area contributed by atoms with E-state index in [4.69, 9.17) is 17.3 Å². The van der Waals surface area contributed by atoms with Crippen LogP contribution in [0.25, 0.3) is 21.0 Å². The molecule has 0 radical (unpaired) electrons. The molecule has 0 spiro atoms. The number of aromatic nitrogens is 2. The van der Waals surface area contributed by atoms with Gasteiger partial charge in [0, 0.05) is 34.7 Å². The topological polar surface area (TPSA) is 92.4 Å². The minimum Gasteiger partial charge on any atom is -0.383 e. The van der Waals surface area contributed by atoms with Crippen LogP contribution in [0, 0.1) is 0 Å². The van der Waals surface area contributed by atoms with Gasteiger partial charge in [-0.05, 0) is 53.8 Å². The number of nitrogen functional groups attached to an aromatic ring is 1. The molecule has 1 atom stereocenters. The molecular weight excluding hydrogens is 470 g/mol. The van der Waals surface area contributed by atoms with E-state index >= 15 is 0 Å². The highest BCUT2D eigenvalue weighted by molar-refractivity contribution is 7.20. The van der Waals surface area contributed by atoms with Crippen LogP contribution in [0.3, 0.4) is 0 Å². The molecule has 3 heterocycles. The van der Waals surface area contributed by atoms with Gasteiger partial charge in [-0.3, -0.25) is 9.59 Å². The monoisotopic (exact) mass is 493 g/mol. The van der Waals surface area contributed by atoms with Crippen LogP contribution in [0.1, 0.15) is 35.0 Å². The van der Waals surface area contributed by atoms with Crippen molar-refractivity contribution in [2.24, 2.45) is 0 Å². The van der Waals surface area contributed by atoms with Gasteiger partial charge in [-0.25, -0.2) is 9.97 Å². The predicted octanol–water partition coefficient (Wildman–Crippen LogP) is 4.73. The molecule has 0 unspecified atom stereocenters. The summed E-state index contributed by atoms with van der Waals surface area (Å²) in [6, 6.07) is 12.8. The van der Waals surface area contributed by atoms with E-state index in [9.17, 15) is 9.59 Å². The van der Waals surface area contributed by atoms with Gasteiger partial charge in [0.25, 0.3) is 5.91 Å². The number of anilines is 1. The molecule has 1 aliphatic rings. The van der Waals surface area contributed by atoms with E-state index in [0.29, 0.717) is 41.8 Å². The number of carbonyl (C=O) groups excluding carboxylic acids is 2. The van der Waals surface area contributed by atoms with Gasteiger partial charge < -0.3 is 15.5 Å². The third-order valence-electron chi connectivity index (χ3n) is 6.20. The average molecular weight is 494 g/mol. The molecule has 174 valence electrons. The fourth-order valence-corrected chi connectivity index (χ4v) is 5.67. The normalized spacial score (nSPS) is 16.5. The van der Waals surface area contributed by atoms with Crippen LogP contribution in [-0.4, -0.2) is 50.7 Å². The average Bonchev–Trinajstić information content (AvgIpc) is 3.25. The van der Waals surface area contributed by atoms with E-state index in [0.717, 1.165) is 33.0 Å². The van der Waals surface area contributed by atoms with Crippen molar-refractivity contribution in [1.29, 1.82) is 0 Å². The standard InChI is InChI=1S/C25H24ClN5O2S/c1-2-3-20-24(32)30(13-15-4-6-18-19(10-15)28-14-29-23(18)27)8-9-31(20)25(33)22-12-16-11-17(26)5-7-21(16)34-22/h4-7,10-12,14,20H,2-3,8-9,13H2,1H3,(H2,27,28,29)/t20-/m0/s1. The van der Waals surface area contributed by atoms with Crippen molar-refractivity contribution in [3.8, 4) is 0 Å². The lowest BCUT2D eigenvalue weighted by Gasteiger charge is -2.40. The second-order valence-corrected chi connectivity index (χ2v) is 9.99. The first-order chi connectivity index (χ1) is 16.4. The van der Waals surface area contributed by atoms with E-state index in [1.165, 1.54) is 17.7 Å². The molecule has 2 aromatic heterocycles. The molecule has 34 heavy (non-hydrogen) atoms. The van der Waals surface area contributed by atoms with E-state index in [-0.39, 0.29) is 11.8 Å². The minimum atomic E-state index is -0.474. The van der Waals surface area contributed by atoms with Crippen molar-refractivity contribution in [3.05, 3.63) is 64.3 Å². The number of nitrogens with two attached hydrogens (primary N) is 1. The lowest BCUT2D eigenvalue weighted by Crippen LogP contribution is -2.58. The molecular formula is C25H24ClN5O2S. The van der Waals surface area contributed by atoms with E-state index < -0.39 is 6.04 Å². The number of fused-ring (bicyclic) bond motifs is 2. The zero-order valence-electron chi connectivity index (χ0n) is 18.7. The largest absolute Gasteiger partial charge is 0.383 e. The Morgan fingerprint density at radius 1 is 1.18 bits per heavy atom. The van der Waals surface area contributed by atoms with Gasteiger partial charge >= 0.3 is 0 Å². The lowest BCUT2D eigenvalue weighted by atomic mass is 10.0. The first-order valence-corrected chi connectivity index (χ1v) is 12.4. The van der Waals surface area contributed by atoms with Gasteiger partial charge in [-0.15, -0.1) is 11.3 Å². The third kappa shape index (κ3) is 4.19. The number of hydrogen-bond acceptors (Lipinski definition) is 6. The summed E-state index contributed by atoms with van der Waals surface area (Å²) in [5, 5.41) is 2.37. The molecule has 7 nitrogen and oxygen atoms in total. The Morgan fingerprint density at radius 3 is 2.85 bits per heavy atom. The number of benzene rings is 2. The van der Waals surface area contributed by atoms with Crippen molar-refractivity contribution in [1.82, 2.24) is 19.8 Å². The number of rotatable bonds is 5. The van der Waals surface area contributed by atoms with Gasteiger partial charge in [0.05, 0.1) is 10.4 Å². The smallest absolute Gasteiger partial charge is 0.264 e. The van der Waals surface area contributed by atoms with Gasteiger partial charge in [-0.2, -0.15) is 0 Å². The van der Waals surface area contributed by atoms with Crippen molar-refractivity contribution in [2.45, 2.75) is 32.4 Å². The number of thiophene rings is 1. The maximum Gasteiger partial charge on any atom is 0.264 e. The van der Waals surface area contributed by atoms with Crippen LogP contribution < -0.4 is 5.73 Å². The number of amides is 2. The number of piperazine rings is 1. The van der Waals surface area contributed by atoms with Crippen molar-refractivity contribution < 1.29 is 9.59 Å². The van der Waals surface area contributed by atoms with Gasteiger partial charge in [0.2, 0.25) is 5.91 Å². The first-order valence-electron chi connectivity index (χ1n) is 11.2.